The standard InChI is InChI=1S/C34H48Si3/c1-25(2)31-21-29(35(5,6)27-17-13-11-14-18-27)23-33(31)37(9,10)34-24-30(22-32(34)26(3)4)36(7,8)28-19-15-12-16-20-28/h11-26,33-34H,1-10H3. The van der Waals surface area contributed by atoms with Crippen molar-refractivity contribution in [1.82, 2.24) is 0 Å². The highest BCUT2D eigenvalue weighted by Crippen LogP contribution is 2.53. The van der Waals surface area contributed by atoms with Gasteiger partial charge in [-0.25, -0.2) is 0 Å². The summed E-state index contributed by atoms with van der Waals surface area (Å²) >= 11 is 0. The molecule has 0 aliphatic heterocycles. The Morgan fingerprint density at radius 2 is 0.838 bits per heavy atom. The van der Waals surface area contributed by atoms with Crippen molar-refractivity contribution < 1.29 is 0 Å². The first-order chi connectivity index (χ1) is 17.3. The molecule has 4 rings (SSSR count). The SMILES string of the molecule is CC(C)C1=CC([Si](C)(C)c2ccccc2)=CC1[Si](C)(C)C1C=C([Si](C)(C)c2ccccc2)C=C1C(C)C. The molecule has 37 heavy (non-hydrogen) atoms. The quantitative estimate of drug-likeness (QED) is 0.293. The number of hydrogen-bond donors (Lipinski definition) is 0. The molecule has 0 radical (unpaired) electrons. The summed E-state index contributed by atoms with van der Waals surface area (Å²) in [5, 5.41) is 6.37. The van der Waals surface area contributed by atoms with Crippen LogP contribution in [-0.4, -0.2) is 24.2 Å². The van der Waals surface area contributed by atoms with Crippen molar-refractivity contribution in [2.75, 3.05) is 0 Å². The van der Waals surface area contributed by atoms with Gasteiger partial charge in [0, 0.05) is 0 Å². The predicted octanol–water partition coefficient (Wildman–Crippen LogP) is 8.79. The van der Waals surface area contributed by atoms with E-state index in [0.29, 0.717) is 22.9 Å². The van der Waals surface area contributed by atoms with Gasteiger partial charge in [0.1, 0.15) is 16.1 Å². The number of allylic oxidation sites excluding steroid dienone is 8. The maximum Gasteiger partial charge on any atom is 0.111 e. The zero-order valence-corrected chi connectivity index (χ0v) is 27.9. The first-order valence-corrected chi connectivity index (χ1v) is 23.4. The summed E-state index contributed by atoms with van der Waals surface area (Å²) in [7, 11) is -5.25. The summed E-state index contributed by atoms with van der Waals surface area (Å²) in [6, 6.07) is 22.6. The second kappa shape index (κ2) is 10.3. The van der Waals surface area contributed by atoms with Crippen LogP contribution in [0.4, 0.5) is 0 Å². The van der Waals surface area contributed by atoms with E-state index in [1.807, 2.05) is 0 Å². The summed E-state index contributed by atoms with van der Waals surface area (Å²) in [5.41, 5.74) is 4.57. The Bertz CT molecular complexity index is 1140. The Morgan fingerprint density at radius 1 is 0.514 bits per heavy atom. The molecule has 0 fully saturated rings. The molecule has 0 amide bonds. The van der Waals surface area contributed by atoms with Crippen molar-refractivity contribution in [1.29, 1.82) is 0 Å². The van der Waals surface area contributed by atoms with Gasteiger partial charge in [-0.3, -0.25) is 0 Å². The third-order valence-corrected chi connectivity index (χ3v) is 20.7. The molecule has 2 aliphatic rings. The summed E-state index contributed by atoms with van der Waals surface area (Å²) in [6.45, 7) is 25.2. The van der Waals surface area contributed by atoms with Gasteiger partial charge in [0.15, 0.2) is 0 Å². The van der Waals surface area contributed by atoms with E-state index in [1.165, 1.54) is 0 Å². The fourth-order valence-corrected chi connectivity index (χ4v) is 16.0. The van der Waals surface area contributed by atoms with Crippen molar-refractivity contribution in [2.45, 2.75) is 78.1 Å². The molecule has 2 aromatic rings. The predicted molar refractivity (Wildman–Crippen MR) is 174 cm³/mol. The van der Waals surface area contributed by atoms with Crippen molar-refractivity contribution >= 4 is 34.6 Å². The minimum Gasteiger partial charge on any atom is -0.0803 e. The normalized spacial score (nSPS) is 20.8. The van der Waals surface area contributed by atoms with E-state index in [1.54, 1.807) is 31.9 Å². The lowest BCUT2D eigenvalue weighted by molar-refractivity contribution is 0.725. The Labute approximate surface area is 230 Å². The van der Waals surface area contributed by atoms with Crippen LogP contribution in [0.5, 0.6) is 0 Å². The fraction of sp³-hybridized carbons (Fsp3) is 0.412. The molecule has 0 bridgehead atoms. The highest BCUT2D eigenvalue weighted by atomic mass is 28.3. The van der Waals surface area contributed by atoms with Gasteiger partial charge < -0.3 is 0 Å². The summed E-state index contributed by atoms with van der Waals surface area (Å²) in [6.07, 6.45) is 10.8. The molecule has 0 nitrogen and oxygen atoms in total. The molecule has 0 N–H and O–H groups in total. The maximum absolute atomic E-state index is 2.75. The van der Waals surface area contributed by atoms with Crippen LogP contribution in [0.3, 0.4) is 0 Å². The zero-order valence-electron chi connectivity index (χ0n) is 24.9. The second-order valence-corrected chi connectivity index (χ2v) is 27.3. The van der Waals surface area contributed by atoms with Crippen molar-refractivity contribution in [3.63, 3.8) is 0 Å². The maximum atomic E-state index is 2.75. The fourth-order valence-electron chi connectivity index (χ4n) is 6.54. The van der Waals surface area contributed by atoms with Gasteiger partial charge in [-0.1, -0.05) is 184 Å². The number of benzene rings is 2. The van der Waals surface area contributed by atoms with E-state index >= 15 is 0 Å². The van der Waals surface area contributed by atoms with Crippen molar-refractivity contribution in [3.8, 4) is 0 Å². The lowest BCUT2D eigenvalue weighted by Gasteiger charge is -2.39. The molecule has 2 aliphatic carbocycles. The largest absolute Gasteiger partial charge is 0.111 e. The number of rotatable bonds is 8. The molecular formula is C34H48Si3. The third-order valence-electron chi connectivity index (χ3n) is 9.43. The van der Waals surface area contributed by atoms with Gasteiger partial charge in [-0.2, -0.15) is 0 Å². The Balaban J connectivity index is 1.77. The van der Waals surface area contributed by atoms with E-state index in [-0.39, 0.29) is 0 Å². The molecule has 2 unspecified atom stereocenters. The number of hydrogen-bond acceptors (Lipinski definition) is 0. The lowest BCUT2D eigenvalue weighted by Crippen LogP contribution is -2.43. The molecule has 196 valence electrons. The molecular weight excluding hydrogens is 493 g/mol. The van der Waals surface area contributed by atoms with Gasteiger partial charge in [0.05, 0.1) is 8.07 Å². The first-order valence-electron chi connectivity index (χ1n) is 14.3. The van der Waals surface area contributed by atoms with Crippen LogP contribution in [0.25, 0.3) is 0 Å². The van der Waals surface area contributed by atoms with E-state index in [4.69, 9.17) is 0 Å². The summed E-state index contributed by atoms with van der Waals surface area (Å²) in [4.78, 5) is 0. The minimum absolute atomic E-state index is 0.581. The lowest BCUT2D eigenvalue weighted by atomic mass is 10.0. The topological polar surface area (TPSA) is 0 Å². The van der Waals surface area contributed by atoms with Crippen LogP contribution in [0.2, 0.25) is 50.4 Å². The van der Waals surface area contributed by atoms with Gasteiger partial charge in [-0.05, 0) is 22.9 Å². The first kappa shape index (κ1) is 28.1. The van der Waals surface area contributed by atoms with Gasteiger partial charge in [-0.15, -0.1) is 0 Å². The Morgan fingerprint density at radius 3 is 1.14 bits per heavy atom. The molecule has 2 atom stereocenters. The van der Waals surface area contributed by atoms with Crippen LogP contribution in [0, 0.1) is 11.8 Å². The third kappa shape index (κ3) is 5.20. The van der Waals surface area contributed by atoms with Crippen LogP contribution in [0.15, 0.2) is 107 Å². The van der Waals surface area contributed by atoms with Gasteiger partial charge in [0.2, 0.25) is 0 Å². The van der Waals surface area contributed by atoms with Gasteiger partial charge in [0.25, 0.3) is 0 Å². The molecule has 0 heterocycles. The Kier molecular flexibility index (Phi) is 7.82. The average molecular weight is 541 g/mol. The molecule has 0 saturated heterocycles. The van der Waals surface area contributed by atoms with Crippen LogP contribution >= 0.6 is 0 Å². The highest BCUT2D eigenvalue weighted by molar-refractivity contribution is 6.97. The van der Waals surface area contributed by atoms with Crippen molar-refractivity contribution in [3.05, 3.63) is 107 Å². The summed E-state index contributed by atoms with van der Waals surface area (Å²) < 4.78 is 0. The summed E-state index contributed by atoms with van der Waals surface area (Å²) in [5.74, 6) is 1.16. The molecule has 0 saturated carbocycles. The second-order valence-electron chi connectivity index (χ2n) is 13.6. The van der Waals surface area contributed by atoms with E-state index in [9.17, 15) is 0 Å². The van der Waals surface area contributed by atoms with E-state index < -0.39 is 24.2 Å². The molecule has 0 aromatic heterocycles. The van der Waals surface area contributed by atoms with E-state index in [0.717, 1.165) is 0 Å². The monoisotopic (exact) mass is 540 g/mol. The average Bonchev–Trinajstić information content (AvgIpc) is 3.53. The smallest absolute Gasteiger partial charge is 0.0803 e. The Hall–Kier alpha value is -1.95. The van der Waals surface area contributed by atoms with E-state index in [2.05, 4.69) is 152 Å². The minimum atomic E-state index is -1.78. The zero-order chi connectivity index (χ0) is 27.2. The molecule has 3 heteroatoms. The van der Waals surface area contributed by atoms with Gasteiger partial charge >= 0.3 is 0 Å². The molecule has 0 spiro atoms. The van der Waals surface area contributed by atoms with Crippen LogP contribution in [-0.2, 0) is 0 Å². The van der Waals surface area contributed by atoms with Crippen molar-refractivity contribution in [2.24, 2.45) is 11.8 Å². The van der Waals surface area contributed by atoms with Crippen LogP contribution < -0.4 is 10.4 Å². The highest BCUT2D eigenvalue weighted by Gasteiger charge is 2.47. The van der Waals surface area contributed by atoms with Crippen LogP contribution in [0.1, 0.15) is 27.7 Å². The molecule has 2 aromatic carbocycles.